The van der Waals surface area contributed by atoms with Gasteiger partial charge in [0.25, 0.3) is 11.8 Å². The van der Waals surface area contributed by atoms with Crippen molar-refractivity contribution in [2.75, 3.05) is 26.8 Å². The van der Waals surface area contributed by atoms with Crippen LogP contribution < -0.4 is 10.1 Å². The zero-order valence-corrected chi connectivity index (χ0v) is 19.8. The van der Waals surface area contributed by atoms with Gasteiger partial charge in [-0.25, -0.2) is 0 Å². The molecule has 0 saturated carbocycles. The predicted octanol–water partition coefficient (Wildman–Crippen LogP) is 2.69. The molecule has 8 heteroatoms. The lowest BCUT2D eigenvalue weighted by molar-refractivity contribution is -0.128. The first-order chi connectivity index (χ1) is 16.3. The van der Waals surface area contributed by atoms with Crippen molar-refractivity contribution < 1.29 is 23.9 Å². The van der Waals surface area contributed by atoms with Crippen molar-refractivity contribution in [3.05, 3.63) is 65.7 Å². The molecule has 2 aliphatic heterocycles. The van der Waals surface area contributed by atoms with Gasteiger partial charge < -0.3 is 19.7 Å². The van der Waals surface area contributed by atoms with Gasteiger partial charge in [-0.05, 0) is 50.2 Å². The van der Waals surface area contributed by atoms with E-state index in [9.17, 15) is 14.4 Å². The van der Waals surface area contributed by atoms with E-state index in [0.717, 1.165) is 0 Å². The van der Waals surface area contributed by atoms with Gasteiger partial charge in [0.05, 0.1) is 13.7 Å². The highest BCUT2D eigenvalue weighted by Crippen LogP contribution is 2.39. The average Bonchev–Trinajstić information content (AvgIpc) is 3.22. The summed E-state index contributed by atoms with van der Waals surface area (Å²) in [5.74, 6) is 0.143. The van der Waals surface area contributed by atoms with Crippen molar-refractivity contribution in [1.29, 1.82) is 0 Å². The van der Waals surface area contributed by atoms with Crippen LogP contribution in [0.4, 0.5) is 0 Å². The molecule has 34 heavy (non-hydrogen) atoms. The fourth-order valence-corrected chi connectivity index (χ4v) is 4.64. The molecule has 1 atom stereocenters. The summed E-state index contributed by atoms with van der Waals surface area (Å²) in [6, 6.07) is 15.2. The van der Waals surface area contributed by atoms with E-state index in [1.54, 1.807) is 65.4 Å². The third-order valence-electron chi connectivity index (χ3n) is 6.40. The number of piperidine rings is 1. The lowest BCUT2D eigenvalue weighted by Gasteiger charge is -2.44. The van der Waals surface area contributed by atoms with E-state index >= 15 is 0 Å². The van der Waals surface area contributed by atoms with E-state index in [4.69, 9.17) is 9.47 Å². The largest absolute Gasteiger partial charge is 0.497 e. The van der Waals surface area contributed by atoms with Crippen molar-refractivity contribution in [2.24, 2.45) is 0 Å². The molecule has 0 aromatic heterocycles. The molecule has 0 bridgehead atoms. The number of hydrogen-bond acceptors (Lipinski definition) is 5. The minimum atomic E-state index is -0.928. The van der Waals surface area contributed by atoms with Crippen LogP contribution in [0.2, 0.25) is 0 Å². The van der Waals surface area contributed by atoms with Crippen LogP contribution in [0.3, 0.4) is 0 Å². The van der Waals surface area contributed by atoms with Crippen LogP contribution in [-0.2, 0) is 9.53 Å². The van der Waals surface area contributed by atoms with Crippen LogP contribution in [0.1, 0.15) is 47.4 Å². The summed E-state index contributed by atoms with van der Waals surface area (Å²) in [6.45, 7) is 4.74. The minimum absolute atomic E-state index is 0.0540. The number of carbonyl (C=O) groups excluding carboxylic acids is 3. The molecule has 8 nitrogen and oxygen atoms in total. The number of methoxy groups -OCH3 is 1. The Balaban J connectivity index is 1.54. The molecule has 0 unspecified atom stereocenters. The van der Waals surface area contributed by atoms with Crippen molar-refractivity contribution in [1.82, 2.24) is 15.1 Å². The lowest BCUT2D eigenvalue weighted by Crippen LogP contribution is -2.60. The molecule has 0 radical (unpaired) electrons. The van der Waals surface area contributed by atoms with Gasteiger partial charge in [0.15, 0.2) is 0 Å². The summed E-state index contributed by atoms with van der Waals surface area (Å²) in [5.41, 5.74) is 0.157. The van der Waals surface area contributed by atoms with Crippen LogP contribution in [0.15, 0.2) is 54.6 Å². The van der Waals surface area contributed by atoms with E-state index in [-0.39, 0.29) is 30.4 Å². The molecule has 2 heterocycles. The van der Waals surface area contributed by atoms with Gasteiger partial charge in [-0.15, -0.1) is 0 Å². The van der Waals surface area contributed by atoms with E-state index in [1.807, 2.05) is 19.9 Å². The Hall–Kier alpha value is -3.39. The summed E-state index contributed by atoms with van der Waals surface area (Å²) in [6.07, 6.45) is 0.859. The number of ether oxygens (including phenoxy) is 2. The molecular formula is C26H31N3O5. The molecule has 0 aliphatic carbocycles. The highest BCUT2D eigenvalue weighted by atomic mass is 16.5. The van der Waals surface area contributed by atoms with Crippen molar-refractivity contribution in [2.45, 2.75) is 44.5 Å². The SMILES string of the molecule is COc1ccc(C(=O)N2CCC3(CC2)OC[C@H](C(=O)NC(C)C)N3C(=O)c2ccccc2)cc1. The Bertz CT molecular complexity index is 1030. The zero-order valence-electron chi connectivity index (χ0n) is 19.8. The molecule has 2 saturated heterocycles. The van der Waals surface area contributed by atoms with Gasteiger partial charge in [-0.1, -0.05) is 18.2 Å². The third kappa shape index (κ3) is 4.63. The van der Waals surface area contributed by atoms with E-state index < -0.39 is 11.8 Å². The molecule has 2 aromatic carbocycles. The topological polar surface area (TPSA) is 88.2 Å². The first-order valence-corrected chi connectivity index (χ1v) is 11.6. The summed E-state index contributed by atoms with van der Waals surface area (Å²) in [5, 5.41) is 2.91. The minimum Gasteiger partial charge on any atom is -0.497 e. The second-order valence-corrected chi connectivity index (χ2v) is 9.00. The van der Waals surface area contributed by atoms with Crippen LogP contribution in [0.5, 0.6) is 5.75 Å². The van der Waals surface area contributed by atoms with Gasteiger partial charge in [-0.3, -0.25) is 19.3 Å². The predicted molar refractivity (Wildman–Crippen MR) is 126 cm³/mol. The fraction of sp³-hybridized carbons (Fsp3) is 0.423. The van der Waals surface area contributed by atoms with Gasteiger partial charge in [0.1, 0.15) is 17.5 Å². The second-order valence-electron chi connectivity index (χ2n) is 9.00. The molecular weight excluding hydrogens is 434 g/mol. The lowest BCUT2D eigenvalue weighted by atomic mass is 9.96. The Labute approximate surface area is 199 Å². The number of rotatable bonds is 5. The maximum Gasteiger partial charge on any atom is 0.256 e. The first kappa shape index (κ1) is 23.8. The highest BCUT2D eigenvalue weighted by molar-refractivity contribution is 5.98. The Morgan fingerprint density at radius 1 is 0.971 bits per heavy atom. The smallest absolute Gasteiger partial charge is 0.256 e. The fourth-order valence-electron chi connectivity index (χ4n) is 4.64. The van der Waals surface area contributed by atoms with Gasteiger partial charge in [0.2, 0.25) is 5.91 Å². The van der Waals surface area contributed by atoms with Crippen molar-refractivity contribution in [3.8, 4) is 5.75 Å². The quantitative estimate of drug-likeness (QED) is 0.734. The summed E-state index contributed by atoms with van der Waals surface area (Å²) >= 11 is 0. The molecule has 1 N–H and O–H groups in total. The first-order valence-electron chi connectivity index (χ1n) is 11.6. The molecule has 2 aromatic rings. The van der Waals surface area contributed by atoms with E-state index in [2.05, 4.69) is 5.32 Å². The molecule has 4 rings (SSSR count). The number of nitrogens with zero attached hydrogens (tertiary/aromatic N) is 2. The van der Waals surface area contributed by atoms with Gasteiger partial charge in [0, 0.05) is 43.1 Å². The summed E-state index contributed by atoms with van der Waals surface area (Å²) in [4.78, 5) is 43.0. The van der Waals surface area contributed by atoms with Gasteiger partial charge >= 0.3 is 0 Å². The van der Waals surface area contributed by atoms with Crippen LogP contribution in [0, 0.1) is 0 Å². The van der Waals surface area contributed by atoms with Crippen molar-refractivity contribution >= 4 is 17.7 Å². The maximum absolute atomic E-state index is 13.6. The summed E-state index contributed by atoms with van der Waals surface area (Å²) in [7, 11) is 1.58. The number of hydrogen-bond donors (Lipinski definition) is 1. The molecule has 2 aliphatic rings. The Morgan fingerprint density at radius 3 is 2.18 bits per heavy atom. The maximum atomic E-state index is 13.6. The molecule has 3 amide bonds. The highest BCUT2D eigenvalue weighted by Gasteiger charge is 2.54. The monoisotopic (exact) mass is 465 g/mol. The zero-order chi connectivity index (χ0) is 24.3. The van der Waals surface area contributed by atoms with Crippen LogP contribution >= 0.6 is 0 Å². The average molecular weight is 466 g/mol. The second kappa shape index (κ2) is 9.85. The normalized spacial score (nSPS) is 19.4. The van der Waals surface area contributed by atoms with E-state index in [0.29, 0.717) is 42.8 Å². The number of carbonyl (C=O) groups is 3. The standard InChI is InChI=1S/C26H31N3O5/c1-18(2)27-23(30)22-17-34-26(29(22)25(32)19-7-5-4-6-8-19)13-15-28(16-14-26)24(31)20-9-11-21(33-3)12-10-20/h4-12,18,22H,13-17H2,1-3H3,(H,27,30)/t22-/m1/s1. The number of likely N-dealkylation sites (tertiary alicyclic amines) is 1. The van der Waals surface area contributed by atoms with Gasteiger partial charge in [-0.2, -0.15) is 0 Å². The Kier molecular flexibility index (Phi) is 6.88. The van der Waals surface area contributed by atoms with E-state index in [1.165, 1.54) is 0 Å². The number of nitrogens with one attached hydrogen (secondary N) is 1. The molecule has 180 valence electrons. The third-order valence-corrected chi connectivity index (χ3v) is 6.40. The molecule has 1 spiro atoms. The molecule has 2 fully saturated rings. The summed E-state index contributed by atoms with van der Waals surface area (Å²) < 4.78 is 11.4. The van der Waals surface area contributed by atoms with Crippen LogP contribution in [-0.4, -0.2) is 72.1 Å². The van der Waals surface area contributed by atoms with Crippen LogP contribution in [0.25, 0.3) is 0 Å². The number of benzene rings is 2. The van der Waals surface area contributed by atoms with Crippen molar-refractivity contribution in [3.63, 3.8) is 0 Å². The Morgan fingerprint density at radius 2 is 1.59 bits per heavy atom. The number of amides is 3.